The number of rotatable bonds is 11. The average molecular weight is 677 g/mol. The summed E-state index contributed by atoms with van der Waals surface area (Å²) in [4.78, 5) is 28.7. The molecule has 0 saturated heterocycles. The molecule has 220 valence electrons. The van der Waals surface area contributed by atoms with Gasteiger partial charge in [0.15, 0.2) is 11.5 Å². The molecule has 0 unspecified atom stereocenters. The van der Waals surface area contributed by atoms with E-state index in [4.69, 9.17) is 14.2 Å². The van der Waals surface area contributed by atoms with Crippen LogP contribution in [0, 0.1) is 9.49 Å². The van der Waals surface area contributed by atoms with E-state index in [2.05, 4.69) is 27.9 Å². The molecule has 5 rings (SSSR count). The third-order valence-corrected chi connectivity index (χ3v) is 8.96. The van der Waals surface area contributed by atoms with E-state index in [1.165, 1.54) is 12.8 Å². The third kappa shape index (κ3) is 7.34. The number of aliphatic hydroxyl groups excluding tert-OH is 2. The molecule has 0 aromatic heterocycles. The van der Waals surface area contributed by atoms with Gasteiger partial charge < -0.3 is 34.6 Å². The van der Waals surface area contributed by atoms with E-state index in [0.717, 1.165) is 28.4 Å². The van der Waals surface area contributed by atoms with Crippen LogP contribution in [0.2, 0.25) is 0 Å². The Morgan fingerprint density at radius 3 is 2.66 bits per heavy atom. The number of para-hydroxylation sites is 1. The molecule has 3 N–H and O–H groups in total. The summed E-state index contributed by atoms with van der Waals surface area (Å²) < 4.78 is 18.1. The van der Waals surface area contributed by atoms with E-state index in [1.807, 2.05) is 42.5 Å². The summed E-state index contributed by atoms with van der Waals surface area (Å²) >= 11 is 2.17. The number of benzene rings is 2. The van der Waals surface area contributed by atoms with E-state index in [0.29, 0.717) is 35.2 Å². The van der Waals surface area contributed by atoms with Crippen molar-refractivity contribution in [2.75, 3.05) is 19.9 Å². The van der Waals surface area contributed by atoms with Gasteiger partial charge in [-0.15, -0.1) is 0 Å². The Labute approximate surface area is 254 Å². The molecule has 9 nitrogen and oxygen atoms in total. The van der Waals surface area contributed by atoms with Crippen LogP contribution in [0.5, 0.6) is 17.2 Å². The van der Waals surface area contributed by atoms with Gasteiger partial charge in [0, 0.05) is 31.5 Å². The van der Waals surface area contributed by atoms with Crippen molar-refractivity contribution in [3.05, 3.63) is 63.2 Å². The van der Waals surface area contributed by atoms with Gasteiger partial charge in [-0.3, -0.25) is 9.59 Å². The first-order chi connectivity index (χ1) is 19.9. The lowest BCUT2D eigenvalue weighted by Crippen LogP contribution is -2.54. The van der Waals surface area contributed by atoms with Crippen LogP contribution in [0.4, 0.5) is 0 Å². The van der Waals surface area contributed by atoms with Crippen molar-refractivity contribution in [1.82, 2.24) is 10.2 Å². The van der Waals surface area contributed by atoms with Gasteiger partial charge in [-0.1, -0.05) is 43.9 Å². The predicted molar refractivity (Wildman–Crippen MR) is 160 cm³/mol. The molecular weight excluding hydrogens is 639 g/mol. The molecule has 2 amide bonds. The van der Waals surface area contributed by atoms with Gasteiger partial charge in [-0.25, -0.2) is 0 Å². The first-order valence-corrected chi connectivity index (χ1v) is 15.4. The Morgan fingerprint density at radius 2 is 1.88 bits per heavy atom. The fourth-order valence-electron chi connectivity index (χ4n) is 5.86. The number of aliphatic hydroxyl groups is 2. The largest absolute Gasteiger partial charge is 0.482 e. The number of amides is 2. The van der Waals surface area contributed by atoms with Gasteiger partial charge in [-0.05, 0) is 70.8 Å². The fourth-order valence-corrected chi connectivity index (χ4v) is 6.38. The molecule has 3 aliphatic rings. The SMILES string of the molecule is O=C(NCCO)C1=C[C@H](Oc2ccccc2I)[C@@H](O)[C@H](N(Cc2ccc3c(c2)OCO3)C(=O)CCC2CCCC2)C1. The van der Waals surface area contributed by atoms with E-state index in [9.17, 15) is 19.8 Å². The molecule has 3 atom stereocenters. The topological polar surface area (TPSA) is 118 Å². The molecule has 0 spiro atoms. The van der Waals surface area contributed by atoms with Crippen LogP contribution >= 0.6 is 22.6 Å². The summed E-state index contributed by atoms with van der Waals surface area (Å²) in [7, 11) is 0. The van der Waals surface area contributed by atoms with Gasteiger partial charge in [0.25, 0.3) is 0 Å². The van der Waals surface area contributed by atoms with Crippen LogP contribution in [-0.4, -0.2) is 65.1 Å². The lowest BCUT2D eigenvalue weighted by atomic mass is 9.87. The zero-order valence-corrected chi connectivity index (χ0v) is 25.1. The molecule has 2 aromatic rings. The van der Waals surface area contributed by atoms with Crippen molar-refractivity contribution >= 4 is 34.4 Å². The number of nitrogens with one attached hydrogen (secondary N) is 1. The monoisotopic (exact) mass is 676 g/mol. The zero-order valence-electron chi connectivity index (χ0n) is 23.0. The number of carbonyl (C=O) groups excluding carboxylic acids is 2. The second-order valence-electron chi connectivity index (χ2n) is 10.8. The second kappa shape index (κ2) is 13.9. The van der Waals surface area contributed by atoms with Crippen molar-refractivity contribution in [3.63, 3.8) is 0 Å². The minimum absolute atomic E-state index is 0.0660. The number of ether oxygens (including phenoxy) is 3. The van der Waals surface area contributed by atoms with Crippen LogP contribution in [-0.2, 0) is 16.1 Å². The second-order valence-corrected chi connectivity index (χ2v) is 12.0. The molecule has 1 saturated carbocycles. The van der Waals surface area contributed by atoms with Crippen molar-refractivity contribution in [2.45, 2.75) is 69.7 Å². The first-order valence-electron chi connectivity index (χ1n) is 14.3. The lowest BCUT2D eigenvalue weighted by molar-refractivity contribution is -0.139. The maximum atomic E-state index is 13.9. The molecule has 2 aliphatic carbocycles. The summed E-state index contributed by atoms with van der Waals surface area (Å²) in [5.74, 6) is 1.98. The van der Waals surface area contributed by atoms with E-state index >= 15 is 0 Å². The van der Waals surface area contributed by atoms with Gasteiger partial charge >= 0.3 is 0 Å². The Hall–Kier alpha value is -2.83. The highest BCUT2D eigenvalue weighted by Crippen LogP contribution is 2.35. The van der Waals surface area contributed by atoms with Crippen LogP contribution < -0.4 is 19.5 Å². The molecular formula is C31H37IN2O7. The fraction of sp³-hybridized carbons (Fsp3) is 0.484. The molecule has 1 heterocycles. The minimum atomic E-state index is -1.08. The standard InChI is InChI=1S/C31H37IN2O7/c32-23-7-3-4-8-25(23)41-28-17-22(31(38)33-13-14-35)16-24(30(28)37)34(29(36)12-10-20-5-1-2-6-20)18-21-9-11-26-27(15-21)40-19-39-26/h3-4,7-9,11,15,17,20,24,28,30,35,37H,1-2,5-6,10,12-14,16,18-19H2,(H,33,38)/t24-,28+,30+/m1/s1. The molecule has 41 heavy (non-hydrogen) atoms. The van der Waals surface area contributed by atoms with Crippen molar-refractivity contribution in [3.8, 4) is 17.2 Å². The molecule has 0 bridgehead atoms. The molecule has 1 aliphatic heterocycles. The van der Waals surface area contributed by atoms with Crippen LogP contribution in [0.25, 0.3) is 0 Å². The van der Waals surface area contributed by atoms with Crippen molar-refractivity contribution in [2.24, 2.45) is 5.92 Å². The quantitative estimate of drug-likeness (QED) is 0.309. The van der Waals surface area contributed by atoms with Crippen molar-refractivity contribution in [1.29, 1.82) is 0 Å². The number of hydrogen-bond acceptors (Lipinski definition) is 7. The van der Waals surface area contributed by atoms with E-state index in [1.54, 1.807) is 11.0 Å². The third-order valence-electron chi connectivity index (χ3n) is 8.07. The normalized spacial score (nSPS) is 21.8. The van der Waals surface area contributed by atoms with Gasteiger partial charge in [0.05, 0.1) is 16.2 Å². The van der Waals surface area contributed by atoms with Crippen molar-refractivity contribution < 1.29 is 34.0 Å². The highest BCUT2D eigenvalue weighted by atomic mass is 127. The van der Waals surface area contributed by atoms with Gasteiger partial charge in [0.1, 0.15) is 18.0 Å². The summed E-state index contributed by atoms with van der Waals surface area (Å²) in [6, 6.07) is 12.3. The van der Waals surface area contributed by atoms with E-state index < -0.39 is 18.2 Å². The van der Waals surface area contributed by atoms with Gasteiger partial charge in [-0.2, -0.15) is 0 Å². The highest BCUT2D eigenvalue weighted by Gasteiger charge is 2.40. The Bertz CT molecular complexity index is 1260. The number of carbonyl (C=O) groups is 2. The van der Waals surface area contributed by atoms with Crippen LogP contribution in [0.3, 0.4) is 0 Å². The smallest absolute Gasteiger partial charge is 0.247 e. The number of nitrogens with zero attached hydrogens (tertiary/aromatic N) is 1. The molecule has 2 aromatic carbocycles. The predicted octanol–water partition coefficient (Wildman–Crippen LogP) is 3.93. The number of halogens is 1. The number of fused-ring (bicyclic) bond motifs is 1. The van der Waals surface area contributed by atoms with Crippen LogP contribution in [0.1, 0.15) is 50.5 Å². The maximum absolute atomic E-state index is 13.9. The van der Waals surface area contributed by atoms with Crippen LogP contribution in [0.15, 0.2) is 54.1 Å². The van der Waals surface area contributed by atoms with E-state index in [-0.39, 0.29) is 44.7 Å². The van der Waals surface area contributed by atoms with Gasteiger partial charge in [0.2, 0.25) is 18.6 Å². The lowest BCUT2D eigenvalue weighted by Gasteiger charge is -2.41. The molecule has 10 heteroatoms. The summed E-state index contributed by atoms with van der Waals surface area (Å²) in [5, 5.41) is 23.7. The zero-order chi connectivity index (χ0) is 28.8. The Kier molecular flexibility index (Phi) is 10.0. The number of hydrogen-bond donors (Lipinski definition) is 3. The summed E-state index contributed by atoms with van der Waals surface area (Å²) in [6.45, 7) is 0.303. The maximum Gasteiger partial charge on any atom is 0.247 e. The molecule has 0 radical (unpaired) electrons. The first kappa shape index (κ1) is 29.7. The summed E-state index contributed by atoms with van der Waals surface area (Å²) in [5.41, 5.74) is 1.25. The highest BCUT2D eigenvalue weighted by molar-refractivity contribution is 14.1. The average Bonchev–Trinajstić information content (AvgIpc) is 3.68. The minimum Gasteiger partial charge on any atom is -0.482 e. The Morgan fingerprint density at radius 1 is 1.10 bits per heavy atom. The molecule has 1 fully saturated rings. The Balaban J connectivity index is 1.44. The summed E-state index contributed by atoms with van der Waals surface area (Å²) in [6.07, 6.45) is 5.73.